The number of hydrogen-bond acceptors (Lipinski definition) is 6. The average Bonchev–Trinajstić information content (AvgIpc) is 3.16. The average molecular weight is 457 g/mol. The van der Waals surface area contributed by atoms with Gasteiger partial charge in [0.15, 0.2) is 11.5 Å². The fourth-order valence-electron chi connectivity index (χ4n) is 3.88. The van der Waals surface area contributed by atoms with Crippen molar-refractivity contribution in [2.45, 2.75) is 40.2 Å². The second kappa shape index (κ2) is 9.84. The van der Waals surface area contributed by atoms with Crippen molar-refractivity contribution in [2.24, 2.45) is 10.9 Å². The zero-order valence-electron chi connectivity index (χ0n) is 19.7. The van der Waals surface area contributed by atoms with Crippen molar-refractivity contribution in [2.75, 3.05) is 0 Å². The number of imidazole rings is 1. The lowest BCUT2D eigenvalue weighted by atomic mass is 9.97. The standard InChI is InChI=1S/C26H28N6O2/c1-5-22(29-17(4)34-27)19-12-10-18(11-13-19)15-32-25-23(30-26(32)33)14-28-24(31-25)21-9-7-6-8-20(21)16(2)3/h5-14,16H,15,27H2,1-4H3,(H,30,33)/b22-5-,29-17-. The Morgan fingerprint density at radius 1 is 1.21 bits per heavy atom. The van der Waals surface area contributed by atoms with Gasteiger partial charge in [-0.1, -0.05) is 68.5 Å². The minimum Gasteiger partial charge on any atom is -0.396 e. The molecule has 0 radical (unpaired) electrons. The van der Waals surface area contributed by atoms with Crippen molar-refractivity contribution in [3.8, 4) is 11.4 Å². The van der Waals surface area contributed by atoms with E-state index in [-0.39, 0.29) is 5.69 Å². The Morgan fingerprint density at radius 2 is 1.94 bits per heavy atom. The third-order valence-electron chi connectivity index (χ3n) is 5.65. The number of nitrogens with one attached hydrogen (secondary N) is 1. The molecular formula is C26H28N6O2. The van der Waals surface area contributed by atoms with Gasteiger partial charge in [-0.2, -0.15) is 5.90 Å². The SMILES string of the molecule is C/C=C(\N=C(\C)ON)c1ccc(Cn2c(=O)[nH]c3cnc(-c4ccccc4C(C)C)nc32)cc1. The lowest BCUT2D eigenvalue weighted by molar-refractivity contribution is 0.318. The smallest absolute Gasteiger partial charge is 0.328 e. The molecule has 0 unspecified atom stereocenters. The Bertz CT molecular complexity index is 1430. The van der Waals surface area contributed by atoms with Crippen molar-refractivity contribution in [3.05, 3.63) is 88.0 Å². The molecule has 4 aromatic rings. The van der Waals surface area contributed by atoms with E-state index >= 15 is 0 Å². The molecule has 34 heavy (non-hydrogen) atoms. The van der Waals surface area contributed by atoms with E-state index in [1.165, 1.54) is 5.56 Å². The van der Waals surface area contributed by atoms with Crippen LogP contribution < -0.4 is 11.6 Å². The molecule has 2 aromatic carbocycles. The number of nitrogens with two attached hydrogens (primary N) is 1. The van der Waals surface area contributed by atoms with Gasteiger partial charge < -0.3 is 9.82 Å². The van der Waals surface area contributed by atoms with E-state index in [0.29, 0.717) is 35.3 Å². The van der Waals surface area contributed by atoms with E-state index < -0.39 is 0 Å². The number of rotatable bonds is 6. The van der Waals surface area contributed by atoms with Gasteiger partial charge in [0.05, 0.1) is 18.4 Å². The van der Waals surface area contributed by atoms with Crippen LogP contribution in [0.5, 0.6) is 0 Å². The summed E-state index contributed by atoms with van der Waals surface area (Å²) in [6.45, 7) is 8.25. The Labute approximate surface area is 197 Å². The number of hydrogen-bond donors (Lipinski definition) is 2. The Balaban J connectivity index is 1.69. The molecule has 2 heterocycles. The number of aliphatic imine (C=N–C) groups is 1. The molecule has 0 bridgehead atoms. The maximum absolute atomic E-state index is 12.7. The predicted molar refractivity (Wildman–Crippen MR) is 135 cm³/mol. The molecule has 0 atom stereocenters. The minimum absolute atomic E-state index is 0.225. The van der Waals surface area contributed by atoms with Crippen LogP contribution in [-0.2, 0) is 11.4 Å². The summed E-state index contributed by atoms with van der Waals surface area (Å²) in [6, 6.07) is 15.9. The number of fused-ring (bicyclic) bond motifs is 1. The lowest BCUT2D eigenvalue weighted by Gasteiger charge is -2.11. The number of aromatic amines is 1. The van der Waals surface area contributed by atoms with Gasteiger partial charge in [0.25, 0.3) is 0 Å². The number of H-pyrrole nitrogens is 1. The van der Waals surface area contributed by atoms with Gasteiger partial charge >= 0.3 is 5.69 Å². The number of allylic oxidation sites excluding steroid dienone is 1. The summed E-state index contributed by atoms with van der Waals surface area (Å²) in [5.41, 5.74) is 5.73. The van der Waals surface area contributed by atoms with Crippen LogP contribution in [0.2, 0.25) is 0 Å². The van der Waals surface area contributed by atoms with Gasteiger partial charge in [-0.15, -0.1) is 0 Å². The van der Waals surface area contributed by atoms with Gasteiger partial charge in [0.1, 0.15) is 5.52 Å². The number of aromatic nitrogens is 4. The largest absolute Gasteiger partial charge is 0.396 e. The van der Waals surface area contributed by atoms with Crippen LogP contribution >= 0.6 is 0 Å². The highest BCUT2D eigenvalue weighted by Gasteiger charge is 2.15. The third kappa shape index (κ3) is 4.67. The first kappa shape index (κ1) is 23.1. The molecule has 0 saturated carbocycles. The molecule has 2 aromatic heterocycles. The van der Waals surface area contributed by atoms with E-state index in [4.69, 9.17) is 10.9 Å². The van der Waals surface area contributed by atoms with Crippen molar-refractivity contribution >= 4 is 22.8 Å². The van der Waals surface area contributed by atoms with E-state index in [0.717, 1.165) is 22.4 Å². The molecule has 0 aliphatic heterocycles. The summed E-state index contributed by atoms with van der Waals surface area (Å²) in [5.74, 6) is 6.48. The van der Waals surface area contributed by atoms with Gasteiger partial charge in [0, 0.05) is 12.5 Å². The van der Waals surface area contributed by atoms with Crippen LogP contribution in [-0.4, -0.2) is 25.4 Å². The molecule has 4 rings (SSSR count). The van der Waals surface area contributed by atoms with Crippen LogP contribution in [0.25, 0.3) is 28.2 Å². The Morgan fingerprint density at radius 3 is 2.62 bits per heavy atom. The summed E-state index contributed by atoms with van der Waals surface area (Å²) in [5, 5.41) is 0. The zero-order valence-corrected chi connectivity index (χ0v) is 19.7. The van der Waals surface area contributed by atoms with E-state index in [1.807, 2.05) is 55.5 Å². The summed E-state index contributed by atoms with van der Waals surface area (Å²) in [4.78, 5) is 33.9. The van der Waals surface area contributed by atoms with Crippen LogP contribution in [0, 0.1) is 0 Å². The van der Waals surface area contributed by atoms with Gasteiger partial charge in [-0.05, 0) is 29.5 Å². The molecule has 0 amide bonds. The Kier molecular flexibility index (Phi) is 6.70. The third-order valence-corrected chi connectivity index (χ3v) is 5.65. The monoisotopic (exact) mass is 456 g/mol. The van der Waals surface area contributed by atoms with Crippen LogP contribution in [0.4, 0.5) is 0 Å². The van der Waals surface area contributed by atoms with Crippen molar-refractivity contribution in [1.82, 2.24) is 19.5 Å². The van der Waals surface area contributed by atoms with Crippen LogP contribution in [0.1, 0.15) is 50.3 Å². The minimum atomic E-state index is -0.225. The molecule has 0 spiro atoms. The molecule has 0 aliphatic carbocycles. The topological polar surface area (TPSA) is 111 Å². The highest BCUT2D eigenvalue weighted by Crippen LogP contribution is 2.27. The second-order valence-electron chi connectivity index (χ2n) is 8.31. The highest BCUT2D eigenvalue weighted by atomic mass is 16.6. The molecule has 3 N–H and O–H groups in total. The predicted octanol–water partition coefficient (Wildman–Crippen LogP) is 4.63. The molecule has 0 aliphatic rings. The fourth-order valence-corrected chi connectivity index (χ4v) is 3.88. The number of benzene rings is 2. The van der Waals surface area contributed by atoms with E-state index in [1.54, 1.807) is 17.7 Å². The maximum atomic E-state index is 12.7. The maximum Gasteiger partial charge on any atom is 0.328 e. The van der Waals surface area contributed by atoms with Crippen LogP contribution in [0.15, 0.2) is 70.6 Å². The molecule has 0 saturated heterocycles. The molecule has 0 fully saturated rings. The summed E-state index contributed by atoms with van der Waals surface area (Å²) >= 11 is 0. The quantitative estimate of drug-likeness (QED) is 0.250. The Hall–Kier alpha value is -4.04. The molecule has 174 valence electrons. The second-order valence-corrected chi connectivity index (χ2v) is 8.31. The van der Waals surface area contributed by atoms with Gasteiger partial charge in [0.2, 0.25) is 5.90 Å². The van der Waals surface area contributed by atoms with Crippen molar-refractivity contribution in [3.63, 3.8) is 0 Å². The first-order valence-corrected chi connectivity index (χ1v) is 11.1. The van der Waals surface area contributed by atoms with Crippen molar-refractivity contribution in [1.29, 1.82) is 0 Å². The van der Waals surface area contributed by atoms with Crippen LogP contribution in [0.3, 0.4) is 0 Å². The molecule has 8 nitrogen and oxygen atoms in total. The first-order chi connectivity index (χ1) is 16.4. The summed E-state index contributed by atoms with van der Waals surface area (Å²) < 4.78 is 1.63. The number of nitrogens with zero attached hydrogens (tertiary/aromatic N) is 4. The zero-order chi connectivity index (χ0) is 24.2. The van der Waals surface area contributed by atoms with E-state index in [9.17, 15) is 4.79 Å². The lowest BCUT2D eigenvalue weighted by Crippen LogP contribution is -2.17. The van der Waals surface area contributed by atoms with Crippen molar-refractivity contribution < 1.29 is 4.84 Å². The normalized spacial score (nSPS) is 12.5. The van der Waals surface area contributed by atoms with Gasteiger partial charge in [-0.25, -0.2) is 19.8 Å². The summed E-state index contributed by atoms with van der Waals surface area (Å²) in [6.07, 6.45) is 3.56. The summed E-state index contributed by atoms with van der Waals surface area (Å²) in [7, 11) is 0. The molecule has 8 heteroatoms. The fraction of sp³-hybridized carbons (Fsp3) is 0.231. The first-order valence-electron chi connectivity index (χ1n) is 11.1. The highest BCUT2D eigenvalue weighted by molar-refractivity contribution is 5.81. The van der Waals surface area contributed by atoms with Gasteiger partial charge in [-0.3, -0.25) is 4.57 Å². The molecular weight excluding hydrogens is 428 g/mol. The van der Waals surface area contributed by atoms with E-state index in [2.05, 4.69) is 39.7 Å².